The molecular weight excluding hydrogens is 504 g/mol. The van der Waals surface area contributed by atoms with Gasteiger partial charge in [0.15, 0.2) is 17.3 Å². The number of methoxy groups -OCH3 is 3. The fourth-order valence-corrected chi connectivity index (χ4v) is 5.73. The lowest BCUT2D eigenvalue weighted by Crippen LogP contribution is -2.37. The van der Waals surface area contributed by atoms with E-state index in [1.54, 1.807) is 21.3 Å². The zero-order chi connectivity index (χ0) is 28.4. The summed E-state index contributed by atoms with van der Waals surface area (Å²) in [6, 6.07) is 21.0. The van der Waals surface area contributed by atoms with Gasteiger partial charge in [0.25, 0.3) is 5.91 Å². The third-order valence-electron chi connectivity index (χ3n) is 7.71. The maximum absolute atomic E-state index is 14.0. The highest BCUT2D eigenvalue weighted by Gasteiger charge is 2.42. The number of dihydropyridines is 1. The number of para-hydroxylation sites is 1. The standard InChI is InChI=1S/C33H34N2O5/c1-19-10-13-23(14-11-19)35-33(37)30-20(2)34-25-16-22(21-12-15-28(39-4)29(18-21)40-5)17-26(36)32(25)31(30)24-8-6-7-9-27(24)38-3/h6-15,18,22,31,34H,16-17H2,1-5H3,(H,35,37)/t22-,31+/m1/s1. The molecule has 2 atom stereocenters. The molecule has 0 saturated carbocycles. The van der Waals surface area contributed by atoms with Gasteiger partial charge in [-0.3, -0.25) is 9.59 Å². The van der Waals surface area contributed by atoms with Crippen molar-refractivity contribution in [3.8, 4) is 17.2 Å². The first kappa shape index (κ1) is 27.1. The Balaban J connectivity index is 1.57. The van der Waals surface area contributed by atoms with Crippen LogP contribution in [0.5, 0.6) is 17.2 Å². The monoisotopic (exact) mass is 538 g/mol. The average molecular weight is 539 g/mol. The number of hydrogen-bond acceptors (Lipinski definition) is 6. The molecule has 2 aliphatic rings. The third-order valence-corrected chi connectivity index (χ3v) is 7.71. The highest BCUT2D eigenvalue weighted by molar-refractivity contribution is 6.10. The summed E-state index contributed by atoms with van der Waals surface area (Å²) in [6.07, 6.45) is 0.931. The van der Waals surface area contributed by atoms with Crippen molar-refractivity contribution < 1.29 is 23.8 Å². The highest BCUT2D eigenvalue weighted by Crippen LogP contribution is 2.48. The lowest BCUT2D eigenvalue weighted by atomic mass is 9.71. The summed E-state index contributed by atoms with van der Waals surface area (Å²) in [4.78, 5) is 27.8. The molecule has 1 aliphatic carbocycles. The summed E-state index contributed by atoms with van der Waals surface area (Å²) in [5.41, 5.74) is 6.23. The fraction of sp³-hybridized carbons (Fsp3) is 0.273. The summed E-state index contributed by atoms with van der Waals surface area (Å²) in [6.45, 7) is 3.89. The van der Waals surface area contributed by atoms with Gasteiger partial charge in [0, 0.05) is 40.2 Å². The minimum absolute atomic E-state index is 0.00224. The van der Waals surface area contributed by atoms with Gasteiger partial charge in [-0.25, -0.2) is 0 Å². The first-order valence-corrected chi connectivity index (χ1v) is 13.3. The maximum atomic E-state index is 14.0. The van der Waals surface area contributed by atoms with Crippen LogP contribution in [0.25, 0.3) is 0 Å². The lowest BCUT2D eigenvalue weighted by molar-refractivity contribution is -0.116. The number of amides is 1. The minimum Gasteiger partial charge on any atom is -0.496 e. The van der Waals surface area contributed by atoms with Gasteiger partial charge in [-0.05, 0) is 62.1 Å². The van der Waals surface area contributed by atoms with Crippen molar-refractivity contribution in [2.45, 2.75) is 38.5 Å². The molecule has 7 heteroatoms. The van der Waals surface area contributed by atoms with Crippen molar-refractivity contribution in [1.82, 2.24) is 5.32 Å². The molecule has 0 radical (unpaired) electrons. The molecule has 1 amide bonds. The van der Waals surface area contributed by atoms with E-state index in [0.717, 1.165) is 22.4 Å². The predicted molar refractivity (Wildman–Crippen MR) is 155 cm³/mol. The zero-order valence-corrected chi connectivity index (χ0v) is 23.5. The van der Waals surface area contributed by atoms with Gasteiger partial charge in [-0.2, -0.15) is 0 Å². The summed E-state index contributed by atoms with van der Waals surface area (Å²) in [5.74, 6) is 1.02. The second-order valence-electron chi connectivity index (χ2n) is 10.2. The van der Waals surface area contributed by atoms with Gasteiger partial charge in [0.05, 0.1) is 27.2 Å². The van der Waals surface area contributed by atoms with E-state index in [4.69, 9.17) is 14.2 Å². The Hall–Kier alpha value is -4.52. The molecule has 206 valence electrons. The Morgan fingerprint density at radius 3 is 2.25 bits per heavy atom. The smallest absolute Gasteiger partial charge is 0.254 e. The Labute approximate surface area is 234 Å². The van der Waals surface area contributed by atoms with E-state index < -0.39 is 5.92 Å². The summed E-state index contributed by atoms with van der Waals surface area (Å²) >= 11 is 0. The highest BCUT2D eigenvalue weighted by atomic mass is 16.5. The number of ketones is 1. The molecule has 0 aromatic heterocycles. The van der Waals surface area contributed by atoms with Crippen molar-refractivity contribution in [3.05, 3.63) is 106 Å². The molecule has 1 aliphatic heterocycles. The van der Waals surface area contributed by atoms with Gasteiger partial charge in [0.1, 0.15) is 5.75 Å². The predicted octanol–water partition coefficient (Wildman–Crippen LogP) is 6.02. The Bertz CT molecular complexity index is 1520. The molecule has 0 spiro atoms. The van der Waals surface area contributed by atoms with E-state index in [1.165, 1.54) is 0 Å². The number of nitrogens with one attached hydrogen (secondary N) is 2. The lowest BCUT2D eigenvalue weighted by Gasteiger charge is -2.37. The molecule has 7 nitrogen and oxygen atoms in total. The van der Waals surface area contributed by atoms with Crippen LogP contribution in [-0.4, -0.2) is 33.0 Å². The van der Waals surface area contributed by atoms with Crippen molar-refractivity contribution in [1.29, 1.82) is 0 Å². The van der Waals surface area contributed by atoms with Crippen LogP contribution in [0.4, 0.5) is 5.69 Å². The van der Waals surface area contributed by atoms with E-state index in [2.05, 4.69) is 10.6 Å². The summed E-state index contributed by atoms with van der Waals surface area (Å²) in [7, 11) is 4.81. The van der Waals surface area contributed by atoms with E-state index in [-0.39, 0.29) is 17.6 Å². The topological polar surface area (TPSA) is 85.9 Å². The van der Waals surface area contributed by atoms with Crippen LogP contribution < -0.4 is 24.8 Å². The SMILES string of the molecule is COc1ccc([C@H]2CC(=O)C3=C(C2)NC(C)=C(C(=O)Nc2ccc(C)cc2)[C@@H]3c2ccccc2OC)cc1OC. The van der Waals surface area contributed by atoms with Crippen LogP contribution in [0.1, 0.15) is 48.3 Å². The van der Waals surface area contributed by atoms with Crippen LogP contribution in [0, 0.1) is 6.92 Å². The number of aryl methyl sites for hydroxylation is 1. The normalized spacial score (nSPS) is 18.6. The number of hydrogen-bond donors (Lipinski definition) is 2. The van der Waals surface area contributed by atoms with Crippen molar-refractivity contribution >= 4 is 17.4 Å². The van der Waals surface area contributed by atoms with E-state index >= 15 is 0 Å². The zero-order valence-electron chi connectivity index (χ0n) is 23.5. The molecule has 0 saturated heterocycles. The second-order valence-corrected chi connectivity index (χ2v) is 10.2. The van der Waals surface area contributed by atoms with Crippen LogP contribution in [0.15, 0.2) is 89.3 Å². The molecule has 2 N–H and O–H groups in total. The molecule has 40 heavy (non-hydrogen) atoms. The second kappa shape index (κ2) is 11.3. The Morgan fingerprint density at radius 2 is 1.55 bits per heavy atom. The average Bonchev–Trinajstić information content (AvgIpc) is 2.96. The molecule has 0 unspecified atom stereocenters. The van der Waals surface area contributed by atoms with Crippen LogP contribution in [-0.2, 0) is 9.59 Å². The van der Waals surface area contributed by atoms with Gasteiger partial charge >= 0.3 is 0 Å². The molecule has 3 aromatic carbocycles. The largest absolute Gasteiger partial charge is 0.496 e. The van der Waals surface area contributed by atoms with Gasteiger partial charge in [0.2, 0.25) is 0 Å². The minimum atomic E-state index is -0.572. The quantitative estimate of drug-likeness (QED) is 0.383. The molecule has 1 heterocycles. The van der Waals surface area contributed by atoms with E-state index in [9.17, 15) is 9.59 Å². The third kappa shape index (κ3) is 5.07. The van der Waals surface area contributed by atoms with Gasteiger partial charge in [-0.1, -0.05) is 42.0 Å². The number of allylic oxidation sites excluding steroid dienone is 3. The number of carbonyl (C=O) groups excluding carboxylic acids is 2. The van der Waals surface area contributed by atoms with Crippen molar-refractivity contribution in [3.63, 3.8) is 0 Å². The molecule has 0 fully saturated rings. The number of rotatable bonds is 7. The van der Waals surface area contributed by atoms with Crippen molar-refractivity contribution in [2.75, 3.05) is 26.6 Å². The molecule has 5 rings (SSSR count). The Kier molecular flexibility index (Phi) is 7.65. The summed E-state index contributed by atoms with van der Waals surface area (Å²) in [5, 5.41) is 6.48. The fourth-order valence-electron chi connectivity index (χ4n) is 5.73. The van der Waals surface area contributed by atoms with E-state index in [0.29, 0.717) is 52.6 Å². The number of carbonyl (C=O) groups is 2. The first-order chi connectivity index (χ1) is 19.3. The van der Waals surface area contributed by atoms with Crippen LogP contribution in [0.2, 0.25) is 0 Å². The first-order valence-electron chi connectivity index (χ1n) is 13.3. The van der Waals surface area contributed by atoms with Crippen LogP contribution >= 0.6 is 0 Å². The Morgan fingerprint density at radius 1 is 0.850 bits per heavy atom. The van der Waals surface area contributed by atoms with Gasteiger partial charge in [-0.15, -0.1) is 0 Å². The molecule has 0 bridgehead atoms. The summed E-state index contributed by atoms with van der Waals surface area (Å²) < 4.78 is 16.6. The maximum Gasteiger partial charge on any atom is 0.254 e. The van der Waals surface area contributed by atoms with Crippen molar-refractivity contribution in [2.24, 2.45) is 0 Å². The number of anilines is 1. The molecule has 3 aromatic rings. The van der Waals surface area contributed by atoms with E-state index in [1.807, 2.05) is 80.6 Å². The van der Waals surface area contributed by atoms with Crippen LogP contribution in [0.3, 0.4) is 0 Å². The number of benzene rings is 3. The van der Waals surface area contributed by atoms with Gasteiger partial charge < -0.3 is 24.8 Å². The molecular formula is C33H34N2O5. The number of Topliss-reactive ketones (excluding diaryl/α,β-unsaturated/α-hetero) is 1. The number of ether oxygens (including phenoxy) is 3.